The third-order valence-electron chi connectivity index (χ3n) is 3.52. The van der Waals surface area contributed by atoms with Gasteiger partial charge in [-0.05, 0) is 42.5 Å². The van der Waals surface area contributed by atoms with Gasteiger partial charge in [0, 0.05) is 12.2 Å². The van der Waals surface area contributed by atoms with Crippen LogP contribution in [0.25, 0.3) is 0 Å². The summed E-state index contributed by atoms with van der Waals surface area (Å²) >= 11 is 0. The molecule has 0 unspecified atom stereocenters. The zero-order chi connectivity index (χ0) is 17.2. The molecule has 1 amide bonds. The van der Waals surface area contributed by atoms with Crippen LogP contribution in [0, 0.1) is 5.82 Å². The van der Waals surface area contributed by atoms with E-state index < -0.39 is 15.8 Å². The molecular formula is C16H15FN2O4S. The molecule has 1 heterocycles. The molecule has 0 radical (unpaired) electrons. The molecule has 6 nitrogen and oxygen atoms in total. The van der Waals surface area contributed by atoms with Crippen molar-refractivity contribution < 1.29 is 22.3 Å². The lowest BCUT2D eigenvalue weighted by atomic mass is 10.2. The number of amides is 1. The van der Waals surface area contributed by atoms with E-state index >= 15 is 0 Å². The smallest absolute Gasteiger partial charge is 0.261 e. The van der Waals surface area contributed by atoms with E-state index in [1.54, 1.807) is 17.0 Å². The third kappa shape index (κ3) is 3.55. The van der Waals surface area contributed by atoms with Gasteiger partial charge in [-0.25, -0.2) is 12.8 Å². The maximum absolute atomic E-state index is 13.2. The number of anilines is 2. The molecule has 3 rings (SSSR count). The molecule has 1 saturated heterocycles. The highest BCUT2D eigenvalue weighted by Gasteiger charge is 2.21. The molecule has 8 heteroatoms. The molecule has 1 aliphatic heterocycles. The average Bonchev–Trinajstić information content (AvgIpc) is 2.55. The van der Waals surface area contributed by atoms with E-state index in [1.165, 1.54) is 30.3 Å². The van der Waals surface area contributed by atoms with E-state index in [2.05, 4.69) is 4.72 Å². The van der Waals surface area contributed by atoms with Crippen LogP contribution < -0.4 is 9.62 Å². The Hall–Kier alpha value is -2.45. The van der Waals surface area contributed by atoms with Crippen LogP contribution >= 0.6 is 0 Å². The summed E-state index contributed by atoms with van der Waals surface area (Å²) in [5, 5.41) is 0. The largest absolute Gasteiger partial charge is 0.370 e. The lowest BCUT2D eigenvalue weighted by molar-refractivity contribution is -0.125. The zero-order valence-electron chi connectivity index (χ0n) is 12.6. The minimum absolute atomic E-state index is 0.0151. The number of nitrogens with zero attached hydrogens (tertiary/aromatic N) is 1. The topological polar surface area (TPSA) is 75.7 Å². The fraction of sp³-hybridized carbons (Fsp3) is 0.188. The van der Waals surface area contributed by atoms with Crippen molar-refractivity contribution in [3.63, 3.8) is 0 Å². The molecule has 0 saturated carbocycles. The monoisotopic (exact) mass is 350 g/mol. The van der Waals surface area contributed by atoms with Gasteiger partial charge in [0.25, 0.3) is 15.9 Å². The second-order valence-corrected chi connectivity index (χ2v) is 6.89. The first-order valence-corrected chi connectivity index (χ1v) is 8.70. The SMILES string of the molecule is O=C1COCCN1c1ccc(S(=O)(=O)Nc2cccc(F)c2)cc1. The van der Waals surface area contributed by atoms with Crippen LogP contribution in [0.3, 0.4) is 0 Å². The Balaban J connectivity index is 1.80. The summed E-state index contributed by atoms with van der Waals surface area (Å²) in [7, 11) is -3.84. The first-order chi connectivity index (χ1) is 11.5. The van der Waals surface area contributed by atoms with Gasteiger partial charge in [-0.3, -0.25) is 9.52 Å². The molecule has 1 aliphatic rings. The highest BCUT2D eigenvalue weighted by Crippen LogP contribution is 2.21. The Labute approximate surface area is 138 Å². The number of carbonyl (C=O) groups excluding carboxylic acids is 1. The van der Waals surface area contributed by atoms with Crippen LogP contribution in [0.1, 0.15) is 0 Å². The molecule has 0 aromatic heterocycles. The summed E-state index contributed by atoms with van der Waals surface area (Å²) in [5.74, 6) is -0.703. The van der Waals surface area contributed by atoms with Gasteiger partial charge in [-0.1, -0.05) is 6.07 Å². The van der Waals surface area contributed by atoms with Crippen LogP contribution in [-0.2, 0) is 19.6 Å². The molecule has 1 fully saturated rings. The predicted molar refractivity (Wildman–Crippen MR) is 86.8 cm³/mol. The molecule has 0 aliphatic carbocycles. The number of sulfonamides is 1. The molecule has 24 heavy (non-hydrogen) atoms. The van der Waals surface area contributed by atoms with Crippen LogP contribution in [0.5, 0.6) is 0 Å². The molecule has 2 aromatic carbocycles. The van der Waals surface area contributed by atoms with E-state index in [0.29, 0.717) is 18.8 Å². The first-order valence-electron chi connectivity index (χ1n) is 7.22. The summed E-state index contributed by atoms with van der Waals surface area (Å²) in [6.45, 7) is 0.876. The van der Waals surface area contributed by atoms with Gasteiger partial charge in [-0.2, -0.15) is 0 Å². The molecule has 0 bridgehead atoms. The lowest BCUT2D eigenvalue weighted by Crippen LogP contribution is -2.41. The fourth-order valence-corrected chi connectivity index (χ4v) is 3.41. The van der Waals surface area contributed by atoms with Crippen LogP contribution in [0.2, 0.25) is 0 Å². The maximum atomic E-state index is 13.2. The molecule has 1 N–H and O–H groups in total. The van der Waals surface area contributed by atoms with Gasteiger partial charge >= 0.3 is 0 Å². The Morgan fingerprint density at radius 3 is 2.54 bits per heavy atom. The number of morpholine rings is 1. The summed E-state index contributed by atoms with van der Waals surface area (Å²) in [6.07, 6.45) is 0. The van der Waals surface area contributed by atoms with E-state index in [1.807, 2.05) is 0 Å². The van der Waals surface area contributed by atoms with Crippen molar-refractivity contribution in [2.45, 2.75) is 4.90 Å². The quantitative estimate of drug-likeness (QED) is 0.915. The predicted octanol–water partition coefficient (Wildman–Crippen LogP) is 1.99. The first kappa shape index (κ1) is 16.4. The molecule has 126 valence electrons. The van der Waals surface area contributed by atoms with Gasteiger partial charge in [-0.15, -0.1) is 0 Å². The van der Waals surface area contributed by atoms with E-state index in [-0.39, 0.29) is 23.1 Å². The van der Waals surface area contributed by atoms with Gasteiger partial charge in [0.05, 0.1) is 17.2 Å². The lowest BCUT2D eigenvalue weighted by Gasteiger charge is -2.26. The maximum Gasteiger partial charge on any atom is 0.261 e. The van der Waals surface area contributed by atoms with Crippen molar-refractivity contribution >= 4 is 27.3 Å². The zero-order valence-corrected chi connectivity index (χ0v) is 13.4. The fourth-order valence-electron chi connectivity index (χ4n) is 2.36. The van der Waals surface area contributed by atoms with Gasteiger partial charge in [0.15, 0.2) is 0 Å². The average molecular weight is 350 g/mol. The summed E-state index contributed by atoms with van der Waals surface area (Å²) in [5.41, 5.74) is 0.746. The Morgan fingerprint density at radius 1 is 1.12 bits per heavy atom. The number of carbonyl (C=O) groups is 1. The van der Waals surface area contributed by atoms with E-state index in [0.717, 1.165) is 6.07 Å². The summed E-state index contributed by atoms with van der Waals surface area (Å²) in [6, 6.07) is 11.1. The van der Waals surface area contributed by atoms with Gasteiger partial charge < -0.3 is 9.64 Å². The number of rotatable bonds is 4. The highest BCUT2D eigenvalue weighted by atomic mass is 32.2. The normalized spacial score (nSPS) is 15.4. The summed E-state index contributed by atoms with van der Waals surface area (Å²) in [4.78, 5) is 13.4. The standard InChI is InChI=1S/C16H15FN2O4S/c17-12-2-1-3-13(10-12)18-24(21,22)15-6-4-14(5-7-15)19-8-9-23-11-16(19)20/h1-7,10,18H,8-9,11H2. The van der Waals surface area contributed by atoms with Gasteiger partial charge in [0.1, 0.15) is 12.4 Å². The van der Waals surface area contributed by atoms with Crippen LogP contribution in [0.4, 0.5) is 15.8 Å². The van der Waals surface area contributed by atoms with Crippen LogP contribution in [0.15, 0.2) is 53.4 Å². The number of halogens is 1. The molecule has 0 spiro atoms. The minimum atomic E-state index is -3.84. The molecule has 2 aromatic rings. The third-order valence-corrected chi connectivity index (χ3v) is 4.92. The molecule has 0 atom stereocenters. The van der Waals surface area contributed by atoms with E-state index in [9.17, 15) is 17.6 Å². The number of nitrogens with one attached hydrogen (secondary N) is 1. The van der Waals surface area contributed by atoms with Crippen molar-refractivity contribution in [3.8, 4) is 0 Å². The van der Waals surface area contributed by atoms with Crippen molar-refractivity contribution in [2.75, 3.05) is 29.4 Å². The second-order valence-electron chi connectivity index (χ2n) is 5.21. The van der Waals surface area contributed by atoms with Crippen molar-refractivity contribution in [2.24, 2.45) is 0 Å². The second kappa shape index (κ2) is 6.58. The Morgan fingerprint density at radius 2 is 1.88 bits per heavy atom. The Kier molecular flexibility index (Phi) is 4.50. The van der Waals surface area contributed by atoms with Crippen LogP contribution in [-0.4, -0.2) is 34.1 Å². The van der Waals surface area contributed by atoms with Crippen molar-refractivity contribution in [1.29, 1.82) is 0 Å². The highest BCUT2D eigenvalue weighted by molar-refractivity contribution is 7.92. The number of ether oxygens (including phenoxy) is 1. The minimum Gasteiger partial charge on any atom is -0.370 e. The van der Waals surface area contributed by atoms with Crippen molar-refractivity contribution in [1.82, 2.24) is 0 Å². The Bertz CT molecular complexity index is 853. The number of hydrogen-bond acceptors (Lipinski definition) is 4. The van der Waals surface area contributed by atoms with Crippen molar-refractivity contribution in [3.05, 3.63) is 54.3 Å². The summed E-state index contributed by atoms with van der Waals surface area (Å²) < 4.78 is 45.2. The van der Waals surface area contributed by atoms with Gasteiger partial charge in [0.2, 0.25) is 0 Å². The number of benzene rings is 2. The number of hydrogen-bond donors (Lipinski definition) is 1. The molecular weight excluding hydrogens is 335 g/mol. The van der Waals surface area contributed by atoms with E-state index in [4.69, 9.17) is 4.74 Å².